The number of esters is 4. The first-order valence-electron chi connectivity index (χ1n) is 13.6. The van der Waals surface area contributed by atoms with E-state index in [0.717, 1.165) is 54.6 Å². The molecule has 0 amide bonds. The predicted octanol–water partition coefficient (Wildman–Crippen LogP) is 0.775. The van der Waals surface area contributed by atoms with E-state index in [1.807, 2.05) is 0 Å². The Morgan fingerprint density at radius 1 is 0.429 bits per heavy atom. The van der Waals surface area contributed by atoms with Crippen LogP contribution in [0.15, 0.2) is 54.6 Å². The van der Waals surface area contributed by atoms with E-state index in [4.69, 9.17) is 24.1 Å². The van der Waals surface area contributed by atoms with Gasteiger partial charge in [-0.25, -0.2) is 33.6 Å². The van der Waals surface area contributed by atoms with Gasteiger partial charge in [-0.2, -0.15) is 0 Å². The fourth-order valence-corrected chi connectivity index (χ4v) is 4.09. The second-order valence-electron chi connectivity index (χ2n) is 9.57. The molecule has 0 saturated heterocycles. The molecular weight excluding hydrogens is 660 g/mol. The van der Waals surface area contributed by atoms with Gasteiger partial charge in [-0.3, -0.25) is 0 Å². The maximum atomic E-state index is 12.7. The molecule has 18 nitrogen and oxygen atoms in total. The first-order chi connectivity index (χ1) is 23.1. The normalized spacial score (nSPS) is 10.7. The molecule has 0 unspecified atom stereocenters. The quantitative estimate of drug-likeness (QED) is 0.0502. The smallest absolute Gasteiger partial charge is 0.339 e. The zero-order valence-corrected chi connectivity index (χ0v) is 24.8. The van der Waals surface area contributed by atoms with Crippen LogP contribution in [0.25, 0.3) is 0 Å². The van der Waals surface area contributed by atoms with Crippen molar-refractivity contribution in [2.45, 2.75) is 12.6 Å². The van der Waals surface area contributed by atoms with Crippen LogP contribution in [-0.2, 0) is 18.9 Å². The van der Waals surface area contributed by atoms with Crippen molar-refractivity contribution in [3.8, 4) is 0 Å². The van der Waals surface area contributed by atoms with E-state index >= 15 is 0 Å². The lowest BCUT2D eigenvalue weighted by Crippen LogP contribution is -2.18. The molecule has 0 aliphatic heterocycles. The van der Waals surface area contributed by atoms with E-state index < -0.39 is 103 Å². The SMILES string of the molecule is O=C(OCCOC(=O)c1ccc(C(O)O)c(C(O)O)c1)c1ccc(C(=O)O)c(C(=O)OCCOC(=O)c2ccc(C(=O)O)c(C(=O)O)c2)c1. The largest absolute Gasteiger partial charge is 0.478 e. The van der Waals surface area contributed by atoms with Crippen molar-refractivity contribution in [1.29, 1.82) is 0 Å². The van der Waals surface area contributed by atoms with Crippen molar-refractivity contribution < 1.29 is 88.3 Å². The van der Waals surface area contributed by atoms with Gasteiger partial charge in [-0.1, -0.05) is 6.07 Å². The first kappa shape index (κ1) is 37.2. The van der Waals surface area contributed by atoms with Crippen LogP contribution >= 0.6 is 0 Å². The third-order valence-corrected chi connectivity index (χ3v) is 6.40. The maximum Gasteiger partial charge on any atom is 0.339 e. The van der Waals surface area contributed by atoms with Crippen molar-refractivity contribution in [3.63, 3.8) is 0 Å². The third-order valence-electron chi connectivity index (χ3n) is 6.40. The molecule has 258 valence electrons. The van der Waals surface area contributed by atoms with Gasteiger partial charge >= 0.3 is 41.8 Å². The summed E-state index contributed by atoms with van der Waals surface area (Å²) >= 11 is 0. The summed E-state index contributed by atoms with van der Waals surface area (Å²) in [6.45, 7) is -2.18. The van der Waals surface area contributed by atoms with E-state index in [0.29, 0.717) is 0 Å². The molecule has 0 aliphatic rings. The van der Waals surface area contributed by atoms with Gasteiger partial charge in [0.05, 0.1) is 38.9 Å². The lowest BCUT2D eigenvalue weighted by Gasteiger charge is -2.14. The summed E-state index contributed by atoms with van der Waals surface area (Å²) in [5.74, 6) is -9.04. The molecule has 0 aromatic heterocycles. The van der Waals surface area contributed by atoms with Crippen molar-refractivity contribution in [3.05, 3.63) is 105 Å². The number of hydrogen-bond donors (Lipinski definition) is 7. The number of ether oxygens (including phenoxy) is 4. The Bertz CT molecular complexity index is 1790. The topological polar surface area (TPSA) is 298 Å². The monoisotopic (exact) mass is 686 g/mol. The summed E-state index contributed by atoms with van der Waals surface area (Å²) < 4.78 is 19.8. The van der Waals surface area contributed by atoms with E-state index in [-0.39, 0.29) is 27.8 Å². The molecule has 0 atom stereocenters. The van der Waals surface area contributed by atoms with Crippen molar-refractivity contribution in [1.82, 2.24) is 0 Å². The number of aliphatic hydroxyl groups excluding tert-OH is 2. The van der Waals surface area contributed by atoms with Gasteiger partial charge in [0.15, 0.2) is 12.6 Å². The molecular formula is C31H26O18. The molecule has 0 saturated carbocycles. The van der Waals surface area contributed by atoms with Crippen molar-refractivity contribution in [2.24, 2.45) is 0 Å². The summed E-state index contributed by atoms with van der Waals surface area (Å²) in [5.41, 5.74) is -3.79. The molecule has 3 aromatic carbocycles. The zero-order chi connectivity index (χ0) is 36.4. The fraction of sp³-hybridized carbons (Fsp3) is 0.194. The summed E-state index contributed by atoms with van der Waals surface area (Å²) in [4.78, 5) is 83.9. The van der Waals surface area contributed by atoms with E-state index in [1.54, 1.807) is 0 Å². The highest BCUT2D eigenvalue weighted by Crippen LogP contribution is 2.23. The average molecular weight is 687 g/mol. The lowest BCUT2D eigenvalue weighted by molar-refractivity contribution is -0.0635. The molecule has 0 fully saturated rings. The van der Waals surface area contributed by atoms with Gasteiger partial charge in [0, 0.05) is 11.1 Å². The van der Waals surface area contributed by atoms with Gasteiger partial charge in [0.2, 0.25) is 0 Å². The number of benzene rings is 3. The Kier molecular flexibility index (Phi) is 12.6. The number of carbonyl (C=O) groups excluding carboxylic acids is 4. The number of aliphatic hydroxyl groups is 4. The maximum absolute atomic E-state index is 12.7. The van der Waals surface area contributed by atoms with Gasteiger partial charge < -0.3 is 54.7 Å². The molecule has 0 spiro atoms. The Morgan fingerprint density at radius 2 is 0.776 bits per heavy atom. The summed E-state index contributed by atoms with van der Waals surface area (Å²) in [6.07, 6.45) is -4.18. The van der Waals surface area contributed by atoms with Crippen LogP contribution in [0.3, 0.4) is 0 Å². The van der Waals surface area contributed by atoms with Crippen molar-refractivity contribution in [2.75, 3.05) is 26.4 Å². The van der Waals surface area contributed by atoms with Gasteiger partial charge in [0.25, 0.3) is 0 Å². The fourth-order valence-electron chi connectivity index (χ4n) is 4.09. The van der Waals surface area contributed by atoms with Crippen LogP contribution in [0, 0.1) is 0 Å². The molecule has 0 radical (unpaired) electrons. The summed E-state index contributed by atoms with van der Waals surface area (Å²) in [5, 5.41) is 65.2. The average Bonchev–Trinajstić information content (AvgIpc) is 3.06. The van der Waals surface area contributed by atoms with Crippen LogP contribution < -0.4 is 0 Å². The molecule has 3 rings (SSSR count). The van der Waals surface area contributed by atoms with E-state index in [1.165, 1.54) is 0 Å². The molecule has 49 heavy (non-hydrogen) atoms. The van der Waals surface area contributed by atoms with Gasteiger partial charge in [0.1, 0.15) is 26.4 Å². The number of aromatic carboxylic acids is 3. The van der Waals surface area contributed by atoms with Crippen LogP contribution in [0.4, 0.5) is 0 Å². The number of carbonyl (C=O) groups is 7. The van der Waals surface area contributed by atoms with Crippen molar-refractivity contribution >= 4 is 41.8 Å². The van der Waals surface area contributed by atoms with Crippen LogP contribution in [-0.4, -0.2) is 104 Å². The first-order valence-corrected chi connectivity index (χ1v) is 13.6. The highest BCUT2D eigenvalue weighted by Gasteiger charge is 2.23. The molecule has 0 aliphatic carbocycles. The lowest BCUT2D eigenvalue weighted by atomic mass is 10.0. The number of carboxylic acids is 3. The van der Waals surface area contributed by atoms with E-state index in [2.05, 4.69) is 0 Å². The molecule has 0 bridgehead atoms. The Balaban J connectivity index is 1.57. The second-order valence-corrected chi connectivity index (χ2v) is 9.57. The zero-order valence-electron chi connectivity index (χ0n) is 24.8. The Hall–Kier alpha value is -6.21. The molecule has 3 aromatic rings. The molecule has 7 N–H and O–H groups in total. The van der Waals surface area contributed by atoms with Crippen LogP contribution in [0.2, 0.25) is 0 Å². The van der Waals surface area contributed by atoms with Gasteiger partial charge in [-0.15, -0.1) is 0 Å². The number of carboxylic acid groups (broad SMARTS) is 3. The second kappa shape index (κ2) is 16.6. The third kappa shape index (κ3) is 9.65. The minimum absolute atomic E-state index is 0.192. The van der Waals surface area contributed by atoms with E-state index in [9.17, 15) is 64.2 Å². The minimum atomic E-state index is -2.13. The predicted molar refractivity (Wildman–Crippen MR) is 156 cm³/mol. The van der Waals surface area contributed by atoms with Gasteiger partial charge in [-0.05, 0) is 48.5 Å². The van der Waals surface area contributed by atoms with Crippen LogP contribution in [0.1, 0.15) is 96.2 Å². The highest BCUT2D eigenvalue weighted by atomic mass is 16.6. The Morgan fingerprint density at radius 3 is 1.18 bits per heavy atom. The molecule has 18 heteroatoms. The highest BCUT2D eigenvalue weighted by molar-refractivity contribution is 6.05. The number of hydrogen-bond acceptors (Lipinski definition) is 15. The van der Waals surface area contributed by atoms with Crippen LogP contribution in [0.5, 0.6) is 0 Å². The summed E-state index contributed by atoms with van der Waals surface area (Å²) in [6, 6.07) is 8.68. The standard InChI is InChI=1S/C31H26O18/c32-23(33)17-4-1-14(11-20(17)26(38)39)28(42)46-7-8-47-30(44)16-3-6-19(25(36)37)22(13-16)31(45)49-10-9-48-29(43)15-2-5-18(24(34)35)21(12-15)27(40)41/h1-6,11-13,23,26,32-33,38-39H,7-10H2,(H,34,35)(H,36,37)(H,40,41). The Labute approximate surface area is 273 Å². The minimum Gasteiger partial charge on any atom is -0.478 e. The number of rotatable bonds is 15. The summed E-state index contributed by atoms with van der Waals surface area (Å²) in [7, 11) is 0. The molecule has 0 heterocycles.